The fourth-order valence-electron chi connectivity index (χ4n) is 2.90. The Morgan fingerprint density at radius 3 is 2.72 bits per heavy atom. The first-order valence-electron chi connectivity index (χ1n) is 6.79. The van der Waals surface area contributed by atoms with Crippen molar-refractivity contribution in [3.8, 4) is 5.75 Å². The van der Waals surface area contributed by atoms with Crippen molar-refractivity contribution in [1.29, 1.82) is 0 Å². The lowest BCUT2D eigenvalue weighted by Crippen LogP contribution is -2.18. The zero-order chi connectivity index (χ0) is 13.0. The Kier molecular flexibility index (Phi) is 5.07. The molecule has 0 aromatic heterocycles. The van der Waals surface area contributed by atoms with Crippen LogP contribution in [0.5, 0.6) is 5.75 Å². The molecule has 1 aromatic carbocycles. The highest BCUT2D eigenvalue weighted by Gasteiger charge is 2.20. The average molecular weight is 312 g/mol. The number of rotatable bonds is 4. The third-order valence-electron chi connectivity index (χ3n) is 3.90. The fraction of sp³-hybridized carbons (Fsp3) is 0.600. The summed E-state index contributed by atoms with van der Waals surface area (Å²) in [4.78, 5) is 0. The Morgan fingerprint density at radius 1 is 1.33 bits per heavy atom. The van der Waals surface area contributed by atoms with Crippen LogP contribution in [0.4, 0.5) is 0 Å². The van der Waals surface area contributed by atoms with Gasteiger partial charge in [0.25, 0.3) is 0 Å². The molecule has 1 saturated carbocycles. The van der Waals surface area contributed by atoms with Crippen molar-refractivity contribution in [2.45, 2.75) is 44.6 Å². The predicted octanol–water partition coefficient (Wildman–Crippen LogP) is 4.43. The van der Waals surface area contributed by atoms with Crippen LogP contribution in [0.15, 0.2) is 22.7 Å². The molecule has 0 amide bonds. The van der Waals surface area contributed by atoms with Crippen LogP contribution in [0.25, 0.3) is 0 Å². The number of benzene rings is 1. The normalized spacial score (nSPS) is 18.6. The van der Waals surface area contributed by atoms with Gasteiger partial charge in [-0.3, -0.25) is 0 Å². The maximum absolute atomic E-state index is 6.37. The van der Waals surface area contributed by atoms with E-state index < -0.39 is 0 Å². The Morgan fingerprint density at radius 2 is 2.06 bits per heavy atom. The monoisotopic (exact) mass is 311 g/mol. The Hall–Kier alpha value is -0.540. The van der Waals surface area contributed by atoms with Crippen LogP contribution in [-0.2, 0) is 0 Å². The minimum absolute atomic E-state index is 0.0838. The van der Waals surface area contributed by atoms with Crippen LogP contribution in [0.2, 0.25) is 0 Å². The SMILES string of the molecule is COc1ccc(Br)cc1C(N)CC1CCCCC1. The molecule has 0 heterocycles. The van der Waals surface area contributed by atoms with Crippen LogP contribution >= 0.6 is 15.9 Å². The zero-order valence-corrected chi connectivity index (χ0v) is 12.6. The van der Waals surface area contributed by atoms with Gasteiger partial charge in [0.15, 0.2) is 0 Å². The van der Waals surface area contributed by atoms with Crippen LogP contribution < -0.4 is 10.5 Å². The number of nitrogens with two attached hydrogens (primary N) is 1. The van der Waals surface area contributed by atoms with Crippen LogP contribution in [0.3, 0.4) is 0 Å². The fourth-order valence-corrected chi connectivity index (χ4v) is 3.28. The van der Waals surface area contributed by atoms with E-state index in [4.69, 9.17) is 10.5 Å². The highest BCUT2D eigenvalue weighted by atomic mass is 79.9. The van der Waals surface area contributed by atoms with E-state index in [1.54, 1.807) is 7.11 Å². The third kappa shape index (κ3) is 3.48. The maximum Gasteiger partial charge on any atom is 0.123 e. The lowest BCUT2D eigenvalue weighted by Gasteiger charge is -2.25. The van der Waals surface area contributed by atoms with E-state index in [1.165, 1.54) is 32.1 Å². The second kappa shape index (κ2) is 6.58. The summed E-state index contributed by atoms with van der Waals surface area (Å²) >= 11 is 3.51. The number of hydrogen-bond acceptors (Lipinski definition) is 2. The second-order valence-electron chi connectivity index (χ2n) is 5.23. The van der Waals surface area contributed by atoms with Crippen LogP contribution in [0.1, 0.15) is 50.1 Å². The van der Waals surface area contributed by atoms with Crippen LogP contribution in [0, 0.1) is 5.92 Å². The maximum atomic E-state index is 6.37. The Labute approximate surface area is 118 Å². The standard InChI is InChI=1S/C15H22BrNO/c1-18-15-8-7-12(16)10-13(15)14(17)9-11-5-3-2-4-6-11/h7-8,10-11,14H,2-6,9,17H2,1H3. The Balaban J connectivity index is 2.07. The van der Waals surface area contributed by atoms with Gasteiger partial charge in [0.2, 0.25) is 0 Å². The molecular weight excluding hydrogens is 290 g/mol. The molecule has 3 heteroatoms. The van der Waals surface area contributed by atoms with Crippen molar-refractivity contribution >= 4 is 15.9 Å². The molecule has 2 N–H and O–H groups in total. The van der Waals surface area contributed by atoms with Crippen molar-refractivity contribution in [3.05, 3.63) is 28.2 Å². The lowest BCUT2D eigenvalue weighted by molar-refractivity contribution is 0.315. The number of hydrogen-bond donors (Lipinski definition) is 1. The molecule has 0 bridgehead atoms. The molecule has 0 radical (unpaired) electrons. The summed E-state index contributed by atoms with van der Waals surface area (Å²) in [5, 5.41) is 0. The molecule has 2 nitrogen and oxygen atoms in total. The minimum atomic E-state index is 0.0838. The summed E-state index contributed by atoms with van der Waals surface area (Å²) in [6, 6.07) is 6.16. The van der Waals surface area contributed by atoms with Crippen molar-refractivity contribution in [3.63, 3.8) is 0 Å². The molecule has 1 fully saturated rings. The number of ether oxygens (including phenoxy) is 1. The highest BCUT2D eigenvalue weighted by Crippen LogP contribution is 2.34. The van der Waals surface area contributed by atoms with E-state index in [0.29, 0.717) is 0 Å². The summed E-state index contributed by atoms with van der Waals surface area (Å²) in [5.41, 5.74) is 7.49. The highest BCUT2D eigenvalue weighted by molar-refractivity contribution is 9.10. The van der Waals surface area contributed by atoms with Gasteiger partial charge in [-0.1, -0.05) is 48.0 Å². The lowest BCUT2D eigenvalue weighted by atomic mass is 9.83. The second-order valence-corrected chi connectivity index (χ2v) is 6.15. The molecule has 1 aliphatic rings. The van der Waals surface area contributed by atoms with Gasteiger partial charge in [-0.05, 0) is 30.5 Å². The topological polar surface area (TPSA) is 35.2 Å². The summed E-state index contributed by atoms with van der Waals surface area (Å²) in [5.74, 6) is 1.69. The first-order valence-corrected chi connectivity index (χ1v) is 7.59. The van der Waals surface area contributed by atoms with Crippen molar-refractivity contribution in [1.82, 2.24) is 0 Å². The van der Waals surface area contributed by atoms with E-state index in [9.17, 15) is 0 Å². The molecule has 1 aliphatic carbocycles. The van der Waals surface area contributed by atoms with E-state index in [2.05, 4.69) is 22.0 Å². The number of halogens is 1. The van der Waals surface area contributed by atoms with E-state index in [1.807, 2.05) is 12.1 Å². The smallest absolute Gasteiger partial charge is 0.123 e. The first kappa shape index (κ1) is 13.9. The molecular formula is C15H22BrNO. The summed E-state index contributed by atoms with van der Waals surface area (Å²) in [6.45, 7) is 0. The van der Waals surface area contributed by atoms with Gasteiger partial charge in [0.1, 0.15) is 5.75 Å². The Bertz CT molecular complexity index is 388. The molecule has 1 unspecified atom stereocenters. The minimum Gasteiger partial charge on any atom is -0.496 e. The molecule has 1 aromatic rings. The van der Waals surface area contributed by atoms with Crippen LogP contribution in [-0.4, -0.2) is 7.11 Å². The van der Waals surface area contributed by atoms with E-state index in [-0.39, 0.29) is 6.04 Å². The molecule has 100 valence electrons. The third-order valence-corrected chi connectivity index (χ3v) is 4.40. The van der Waals surface area contributed by atoms with E-state index >= 15 is 0 Å². The van der Waals surface area contributed by atoms with Gasteiger partial charge in [-0.15, -0.1) is 0 Å². The van der Waals surface area contributed by atoms with Gasteiger partial charge in [-0.25, -0.2) is 0 Å². The molecule has 0 aliphatic heterocycles. The van der Waals surface area contributed by atoms with Gasteiger partial charge in [0, 0.05) is 16.1 Å². The molecule has 0 saturated heterocycles. The molecule has 2 rings (SSSR count). The summed E-state index contributed by atoms with van der Waals surface area (Å²) < 4.78 is 6.48. The average Bonchev–Trinajstić information content (AvgIpc) is 2.40. The summed E-state index contributed by atoms with van der Waals surface area (Å²) in [6.07, 6.45) is 7.88. The first-order chi connectivity index (χ1) is 8.70. The summed E-state index contributed by atoms with van der Waals surface area (Å²) in [7, 11) is 1.71. The van der Waals surface area contributed by atoms with Gasteiger partial charge < -0.3 is 10.5 Å². The van der Waals surface area contributed by atoms with Gasteiger partial charge in [0.05, 0.1) is 7.11 Å². The van der Waals surface area contributed by atoms with Crippen molar-refractivity contribution < 1.29 is 4.74 Å². The molecule has 18 heavy (non-hydrogen) atoms. The van der Waals surface area contributed by atoms with E-state index in [0.717, 1.165) is 28.1 Å². The zero-order valence-electron chi connectivity index (χ0n) is 11.0. The van der Waals surface area contributed by atoms with Gasteiger partial charge in [-0.2, -0.15) is 0 Å². The van der Waals surface area contributed by atoms with Gasteiger partial charge >= 0.3 is 0 Å². The number of methoxy groups -OCH3 is 1. The molecule has 1 atom stereocenters. The predicted molar refractivity (Wildman–Crippen MR) is 78.8 cm³/mol. The quantitative estimate of drug-likeness (QED) is 0.893. The largest absolute Gasteiger partial charge is 0.496 e. The molecule has 0 spiro atoms. The van der Waals surface area contributed by atoms with Crippen molar-refractivity contribution in [2.75, 3.05) is 7.11 Å². The van der Waals surface area contributed by atoms with Crippen molar-refractivity contribution in [2.24, 2.45) is 11.7 Å².